The summed E-state index contributed by atoms with van der Waals surface area (Å²) >= 11 is 0. The fourth-order valence-corrected chi connectivity index (χ4v) is 1.98. The Bertz CT molecular complexity index is 427. The van der Waals surface area contributed by atoms with Gasteiger partial charge in [0.2, 0.25) is 0 Å². The van der Waals surface area contributed by atoms with Crippen molar-refractivity contribution in [1.29, 1.82) is 0 Å². The number of nitrogen functional groups attached to an aromatic ring is 1. The lowest BCUT2D eigenvalue weighted by Crippen LogP contribution is -2.41. The van der Waals surface area contributed by atoms with E-state index in [9.17, 15) is 10.1 Å². The number of benzene rings is 1. The van der Waals surface area contributed by atoms with E-state index >= 15 is 0 Å². The van der Waals surface area contributed by atoms with Crippen LogP contribution in [0.5, 0.6) is 0 Å². The van der Waals surface area contributed by atoms with Crippen LogP contribution in [0.3, 0.4) is 0 Å². The maximum atomic E-state index is 10.6. The van der Waals surface area contributed by atoms with Gasteiger partial charge in [0.1, 0.15) is 5.69 Å². The Morgan fingerprint density at radius 3 is 2.62 bits per heavy atom. The third kappa shape index (κ3) is 1.93. The first-order chi connectivity index (χ1) is 7.50. The summed E-state index contributed by atoms with van der Waals surface area (Å²) in [5, 5.41) is 13.9. The summed E-state index contributed by atoms with van der Waals surface area (Å²) in [6.07, 6.45) is 3.49. The van der Waals surface area contributed by atoms with Crippen LogP contribution in [-0.4, -0.2) is 10.5 Å². The predicted octanol–water partition coefficient (Wildman–Crippen LogP) is 2.53. The molecule has 0 bridgehead atoms. The van der Waals surface area contributed by atoms with Gasteiger partial charge in [0.25, 0.3) is 5.69 Å². The molecule has 0 aliphatic heterocycles. The van der Waals surface area contributed by atoms with Gasteiger partial charge in [-0.1, -0.05) is 0 Å². The summed E-state index contributed by atoms with van der Waals surface area (Å²) in [5.41, 5.74) is 6.77. The molecule has 0 spiro atoms. The number of rotatable bonds is 3. The molecule has 0 atom stereocenters. The number of hydrogen-bond donors (Lipinski definition) is 2. The second-order valence-electron chi connectivity index (χ2n) is 4.57. The molecule has 0 aromatic heterocycles. The fraction of sp³-hybridized carbons (Fsp3) is 0.455. The molecule has 1 aliphatic rings. The topological polar surface area (TPSA) is 81.2 Å². The second-order valence-corrected chi connectivity index (χ2v) is 4.57. The van der Waals surface area contributed by atoms with E-state index in [0.29, 0.717) is 0 Å². The third-order valence-electron chi connectivity index (χ3n) is 3.13. The predicted molar refractivity (Wildman–Crippen MR) is 63.4 cm³/mol. The van der Waals surface area contributed by atoms with Crippen LogP contribution in [0.4, 0.5) is 17.1 Å². The molecule has 5 heteroatoms. The van der Waals surface area contributed by atoms with Gasteiger partial charge in [-0.15, -0.1) is 0 Å². The van der Waals surface area contributed by atoms with E-state index in [1.807, 2.05) is 0 Å². The smallest absolute Gasteiger partial charge is 0.292 e. The number of nitrogens with two attached hydrogens (primary N) is 1. The zero-order valence-electron chi connectivity index (χ0n) is 9.19. The van der Waals surface area contributed by atoms with Crippen LogP contribution in [-0.2, 0) is 0 Å². The van der Waals surface area contributed by atoms with E-state index in [4.69, 9.17) is 5.73 Å². The van der Waals surface area contributed by atoms with Crippen LogP contribution in [0.25, 0.3) is 0 Å². The first-order valence-electron chi connectivity index (χ1n) is 5.32. The summed E-state index contributed by atoms with van der Waals surface area (Å²) in [5.74, 6) is 0. The van der Waals surface area contributed by atoms with Crippen molar-refractivity contribution in [1.82, 2.24) is 0 Å². The Morgan fingerprint density at radius 1 is 1.50 bits per heavy atom. The maximum Gasteiger partial charge on any atom is 0.292 e. The minimum Gasteiger partial charge on any atom is -0.393 e. The monoisotopic (exact) mass is 221 g/mol. The van der Waals surface area contributed by atoms with Gasteiger partial charge in [-0.25, -0.2) is 0 Å². The molecule has 2 rings (SSSR count). The minimum absolute atomic E-state index is 0.0377. The van der Waals surface area contributed by atoms with Crippen molar-refractivity contribution in [2.75, 3.05) is 11.1 Å². The normalized spacial score (nSPS) is 17.6. The standard InChI is InChI=1S/C11H15N3O2/c1-11(5-2-6-11)13-8-3-4-10(14(15)16)9(12)7-8/h3-4,7,13H,2,5-6,12H2,1H3. The van der Waals surface area contributed by atoms with Crippen molar-refractivity contribution in [2.45, 2.75) is 31.7 Å². The molecule has 1 aliphatic carbocycles. The lowest BCUT2D eigenvalue weighted by molar-refractivity contribution is -0.383. The van der Waals surface area contributed by atoms with Gasteiger partial charge in [-0.05, 0) is 38.3 Å². The van der Waals surface area contributed by atoms with Crippen LogP contribution in [0.1, 0.15) is 26.2 Å². The molecule has 0 heterocycles. The van der Waals surface area contributed by atoms with Crippen LogP contribution in [0.2, 0.25) is 0 Å². The molecular weight excluding hydrogens is 206 g/mol. The van der Waals surface area contributed by atoms with Crippen LogP contribution in [0, 0.1) is 10.1 Å². The third-order valence-corrected chi connectivity index (χ3v) is 3.13. The number of nitro benzene ring substituents is 1. The highest BCUT2D eigenvalue weighted by atomic mass is 16.6. The first kappa shape index (κ1) is 10.7. The molecule has 3 N–H and O–H groups in total. The van der Waals surface area contributed by atoms with Gasteiger partial charge >= 0.3 is 0 Å². The minimum atomic E-state index is -0.468. The molecular formula is C11H15N3O2. The average Bonchev–Trinajstić information content (AvgIpc) is 2.14. The molecule has 16 heavy (non-hydrogen) atoms. The van der Waals surface area contributed by atoms with Crippen molar-refractivity contribution < 1.29 is 4.92 Å². The zero-order chi connectivity index (χ0) is 11.8. The lowest BCUT2D eigenvalue weighted by atomic mass is 9.78. The Morgan fingerprint density at radius 2 is 2.19 bits per heavy atom. The Balaban J connectivity index is 2.18. The van der Waals surface area contributed by atoms with Crippen LogP contribution >= 0.6 is 0 Å². The van der Waals surface area contributed by atoms with Crippen molar-refractivity contribution in [3.63, 3.8) is 0 Å². The van der Waals surface area contributed by atoms with E-state index in [1.54, 1.807) is 12.1 Å². The van der Waals surface area contributed by atoms with Gasteiger partial charge in [0.15, 0.2) is 0 Å². The SMILES string of the molecule is CC1(Nc2ccc([N+](=O)[O-])c(N)c2)CCC1. The molecule has 0 saturated heterocycles. The van der Waals surface area contributed by atoms with E-state index in [2.05, 4.69) is 12.2 Å². The van der Waals surface area contributed by atoms with Crippen molar-refractivity contribution in [2.24, 2.45) is 0 Å². The highest BCUT2D eigenvalue weighted by molar-refractivity contribution is 5.66. The Labute approximate surface area is 93.8 Å². The first-order valence-corrected chi connectivity index (χ1v) is 5.32. The quantitative estimate of drug-likeness (QED) is 0.467. The van der Waals surface area contributed by atoms with Gasteiger partial charge in [-0.3, -0.25) is 10.1 Å². The van der Waals surface area contributed by atoms with Crippen molar-refractivity contribution in [3.05, 3.63) is 28.3 Å². The van der Waals surface area contributed by atoms with E-state index in [1.165, 1.54) is 12.5 Å². The van der Waals surface area contributed by atoms with Gasteiger partial charge in [0.05, 0.1) is 4.92 Å². The molecule has 0 amide bonds. The number of hydrogen-bond acceptors (Lipinski definition) is 4. The van der Waals surface area contributed by atoms with Crippen LogP contribution < -0.4 is 11.1 Å². The molecule has 5 nitrogen and oxygen atoms in total. The summed E-state index contributed by atoms with van der Waals surface area (Å²) in [6, 6.07) is 4.78. The summed E-state index contributed by atoms with van der Waals surface area (Å²) < 4.78 is 0. The molecule has 0 radical (unpaired) electrons. The van der Waals surface area contributed by atoms with E-state index in [-0.39, 0.29) is 16.9 Å². The van der Waals surface area contributed by atoms with Crippen LogP contribution in [0.15, 0.2) is 18.2 Å². The lowest BCUT2D eigenvalue weighted by Gasteiger charge is -2.40. The molecule has 1 aromatic rings. The van der Waals surface area contributed by atoms with Gasteiger partial charge in [-0.2, -0.15) is 0 Å². The maximum absolute atomic E-state index is 10.6. The Kier molecular flexibility index (Phi) is 2.46. The molecule has 86 valence electrons. The molecule has 1 aromatic carbocycles. The average molecular weight is 221 g/mol. The second kappa shape index (κ2) is 3.66. The number of nitro groups is 1. The number of nitrogens with one attached hydrogen (secondary N) is 1. The van der Waals surface area contributed by atoms with Crippen molar-refractivity contribution in [3.8, 4) is 0 Å². The fourth-order valence-electron chi connectivity index (χ4n) is 1.98. The summed E-state index contributed by atoms with van der Waals surface area (Å²) in [4.78, 5) is 10.1. The number of anilines is 2. The Hall–Kier alpha value is -1.78. The highest BCUT2D eigenvalue weighted by Gasteiger charge is 2.31. The van der Waals surface area contributed by atoms with Gasteiger partial charge in [0, 0.05) is 17.3 Å². The molecule has 1 fully saturated rings. The zero-order valence-corrected chi connectivity index (χ0v) is 9.19. The van der Waals surface area contributed by atoms with Gasteiger partial charge < -0.3 is 11.1 Å². The highest BCUT2D eigenvalue weighted by Crippen LogP contribution is 2.35. The summed E-state index contributed by atoms with van der Waals surface area (Å²) in [7, 11) is 0. The largest absolute Gasteiger partial charge is 0.393 e. The number of nitrogens with zero attached hydrogens (tertiary/aromatic N) is 1. The van der Waals surface area contributed by atoms with Crippen molar-refractivity contribution >= 4 is 17.1 Å². The molecule has 1 saturated carbocycles. The summed E-state index contributed by atoms with van der Waals surface area (Å²) in [6.45, 7) is 2.15. The van der Waals surface area contributed by atoms with E-state index in [0.717, 1.165) is 18.5 Å². The van der Waals surface area contributed by atoms with E-state index < -0.39 is 4.92 Å². The molecule has 0 unspecified atom stereocenters.